The first-order valence-electron chi connectivity index (χ1n) is 13.1. The van der Waals surface area contributed by atoms with Crippen LogP contribution in [0.5, 0.6) is 0 Å². The molecule has 3 aromatic carbocycles. The number of allylic oxidation sites excluding steroid dienone is 6. The van der Waals surface area contributed by atoms with Crippen LogP contribution in [0, 0.1) is 0 Å². The van der Waals surface area contributed by atoms with Gasteiger partial charge in [0.2, 0.25) is 5.78 Å². The molecular formula is C34H33NO2. The first kappa shape index (κ1) is 23.5. The molecule has 3 aromatic rings. The zero-order valence-electron chi connectivity index (χ0n) is 22.4. The van der Waals surface area contributed by atoms with Crippen molar-refractivity contribution in [1.82, 2.24) is 0 Å². The Hall–Kier alpha value is -3.85. The Morgan fingerprint density at radius 2 is 1.62 bits per heavy atom. The van der Waals surface area contributed by atoms with Crippen LogP contribution in [-0.2, 0) is 15.6 Å². The van der Waals surface area contributed by atoms with E-state index in [1.165, 1.54) is 27.5 Å². The van der Waals surface area contributed by atoms with Gasteiger partial charge in [-0.15, -0.1) is 0 Å². The van der Waals surface area contributed by atoms with E-state index in [0.717, 1.165) is 28.1 Å². The van der Waals surface area contributed by atoms with Crippen molar-refractivity contribution in [3.8, 4) is 0 Å². The minimum Gasteiger partial charge on any atom is -0.506 e. The number of carbonyl (C=O) groups excluding carboxylic acids is 1. The number of aliphatic hydroxyl groups is 1. The van der Waals surface area contributed by atoms with Crippen molar-refractivity contribution in [1.29, 1.82) is 0 Å². The van der Waals surface area contributed by atoms with Gasteiger partial charge in [0.05, 0.1) is 11.1 Å². The van der Waals surface area contributed by atoms with E-state index in [1.54, 1.807) is 0 Å². The molecule has 3 aliphatic rings. The van der Waals surface area contributed by atoms with Gasteiger partial charge in [0.1, 0.15) is 5.76 Å². The molecule has 37 heavy (non-hydrogen) atoms. The van der Waals surface area contributed by atoms with Gasteiger partial charge in [0.15, 0.2) is 0 Å². The molecule has 0 aromatic heterocycles. The van der Waals surface area contributed by atoms with E-state index < -0.39 is 0 Å². The van der Waals surface area contributed by atoms with Crippen molar-refractivity contribution in [3.63, 3.8) is 0 Å². The number of anilines is 1. The Labute approximate surface area is 218 Å². The quantitative estimate of drug-likeness (QED) is 0.365. The van der Waals surface area contributed by atoms with E-state index >= 15 is 0 Å². The summed E-state index contributed by atoms with van der Waals surface area (Å²) in [6.45, 7) is 12.8. The van der Waals surface area contributed by atoms with Gasteiger partial charge in [0.25, 0.3) is 0 Å². The summed E-state index contributed by atoms with van der Waals surface area (Å²) in [6.07, 6.45) is 2.85. The normalized spacial score (nSPS) is 21.8. The number of hydrogen-bond acceptors (Lipinski definition) is 3. The molecule has 0 amide bonds. The molecule has 2 aliphatic carbocycles. The van der Waals surface area contributed by atoms with E-state index in [4.69, 9.17) is 0 Å². The number of aliphatic hydroxyl groups excluding tert-OH is 1. The standard InChI is InChI=1S/C34H33NO2/c1-7-22(32-34(5,6)24-14-10-11-15-26(24)35-32)28-30(36)27(31(28)37)19(2)25-18-21-17-16-20-12-8-9-13-23(20)29(21)33(25,3)4/h8-18,35-36H,7H2,1-6H3/b27-19?,32-22+. The predicted molar refractivity (Wildman–Crippen MR) is 153 cm³/mol. The summed E-state index contributed by atoms with van der Waals surface area (Å²) in [5.41, 5.74) is 8.93. The second kappa shape index (κ2) is 7.82. The highest BCUT2D eigenvalue weighted by Gasteiger charge is 2.45. The van der Waals surface area contributed by atoms with E-state index in [1.807, 2.05) is 19.1 Å². The Balaban J connectivity index is 1.46. The van der Waals surface area contributed by atoms with Crippen molar-refractivity contribution < 1.29 is 9.90 Å². The molecule has 0 radical (unpaired) electrons. The van der Waals surface area contributed by atoms with Crippen molar-refractivity contribution in [2.45, 2.75) is 58.8 Å². The molecular weight excluding hydrogens is 454 g/mol. The van der Waals surface area contributed by atoms with Crippen molar-refractivity contribution in [2.24, 2.45) is 0 Å². The van der Waals surface area contributed by atoms with Gasteiger partial charge in [0, 0.05) is 22.2 Å². The fourth-order valence-corrected chi connectivity index (χ4v) is 6.81. The number of rotatable bonds is 3. The molecule has 1 aliphatic heterocycles. The third-order valence-electron chi connectivity index (χ3n) is 8.71. The van der Waals surface area contributed by atoms with Crippen LogP contribution in [0.1, 0.15) is 64.7 Å². The van der Waals surface area contributed by atoms with Gasteiger partial charge in [-0.25, -0.2) is 0 Å². The molecule has 0 saturated heterocycles. The summed E-state index contributed by atoms with van der Waals surface area (Å²) in [5, 5.41) is 17.4. The van der Waals surface area contributed by atoms with E-state index in [0.29, 0.717) is 17.6 Å². The SMILES string of the molecule is CC/C(C1=C(O)C(=C(C)C2=Cc3ccc4ccccc4c3C2(C)C)C1=O)=C1\Nc2ccccc2C1(C)C. The second-order valence-corrected chi connectivity index (χ2v) is 11.5. The van der Waals surface area contributed by atoms with Crippen LogP contribution >= 0.6 is 0 Å². The topological polar surface area (TPSA) is 49.3 Å². The first-order valence-corrected chi connectivity index (χ1v) is 13.1. The van der Waals surface area contributed by atoms with Gasteiger partial charge in [-0.05, 0) is 63.6 Å². The van der Waals surface area contributed by atoms with Crippen LogP contribution in [-0.4, -0.2) is 10.9 Å². The Bertz CT molecular complexity index is 1660. The molecule has 3 nitrogen and oxygen atoms in total. The maximum absolute atomic E-state index is 13.7. The number of hydrogen-bond donors (Lipinski definition) is 2. The summed E-state index contributed by atoms with van der Waals surface area (Å²) < 4.78 is 0. The van der Waals surface area contributed by atoms with Crippen LogP contribution in [0.4, 0.5) is 5.69 Å². The molecule has 6 rings (SSSR count). The van der Waals surface area contributed by atoms with Crippen molar-refractivity contribution >= 4 is 28.3 Å². The molecule has 0 spiro atoms. The van der Waals surface area contributed by atoms with Crippen LogP contribution < -0.4 is 5.32 Å². The number of fused-ring (bicyclic) bond motifs is 4. The highest BCUT2D eigenvalue weighted by molar-refractivity contribution is 6.23. The number of Topliss-reactive ketones (excluding diaryl/α,β-unsaturated/α-hetero) is 1. The fraction of sp³-hybridized carbons (Fsp3) is 0.265. The summed E-state index contributed by atoms with van der Waals surface area (Å²) in [7, 11) is 0. The highest BCUT2D eigenvalue weighted by Crippen LogP contribution is 2.52. The molecule has 3 heteroatoms. The zero-order chi connectivity index (χ0) is 26.3. The lowest BCUT2D eigenvalue weighted by molar-refractivity contribution is -0.113. The summed E-state index contributed by atoms with van der Waals surface area (Å²) >= 11 is 0. The number of ketones is 1. The average molecular weight is 488 g/mol. The Morgan fingerprint density at radius 3 is 2.32 bits per heavy atom. The smallest absolute Gasteiger partial charge is 0.201 e. The Morgan fingerprint density at radius 1 is 0.919 bits per heavy atom. The molecule has 0 unspecified atom stereocenters. The van der Waals surface area contributed by atoms with E-state index in [2.05, 4.69) is 94.5 Å². The van der Waals surface area contributed by atoms with E-state index in [9.17, 15) is 9.90 Å². The van der Waals surface area contributed by atoms with Crippen molar-refractivity contribution in [2.75, 3.05) is 5.32 Å². The summed E-state index contributed by atoms with van der Waals surface area (Å²) in [6, 6.07) is 21.0. The molecule has 0 saturated carbocycles. The summed E-state index contributed by atoms with van der Waals surface area (Å²) in [5.74, 6) is 0.0586. The minimum atomic E-state index is -0.285. The van der Waals surface area contributed by atoms with Crippen LogP contribution in [0.15, 0.2) is 100.0 Å². The lowest BCUT2D eigenvalue weighted by Crippen LogP contribution is -2.30. The lowest BCUT2D eigenvalue weighted by atomic mass is 9.71. The molecule has 0 fully saturated rings. The maximum Gasteiger partial charge on any atom is 0.201 e. The number of carbonyl (C=O) groups is 1. The maximum atomic E-state index is 13.7. The highest BCUT2D eigenvalue weighted by atomic mass is 16.3. The largest absolute Gasteiger partial charge is 0.506 e. The predicted octanol–water partition coefficient (Wildman–Crippen LogP) is 8.29. The number of para-hydroxylation sites is 1. The zero-order valence-corrected chi connectivity index (χ0v) is 22.4. The van der Waals surface area contributed by atoms with E-state index in [-0.39, 0.29) is 22.4 Å². The third kappa shape index (κ3) is 3.10. The second-order valence-electron chi connectivity index (χ2n) is 11.5. The Kier molecular flexibility index (Phi) is 4.98. The molecule has 0 bridgehead atoms. The van der Waals surface area contributed by atoms with Gasteiger partial charge in [-0.3, -0.25) is 4.79 Å². The van der Waals surface area contributed by atoms with Crippen LogP contribution in [0.2, 0.25) is 0 Å². The molecule has 1 heterocycles. The van der Waals surface area contributed by atoms with Crippen LogP contribution in [0.25, 0.3) is 16.8 Å². The first-order chi connectivity index (χ1) is 17.6. The van der Waals surface area contributed by atoms with Gasteiger partial charge in [-0.2, -0.15) is 0 Å². The average Bonchev–Trinajstić information content (AvgIpc) is 3.31. The van der Waals surface area contributed by atoms with Gasteiger partial charge < -0.3 is 10.4 Å². The molecule has 2 N–H and O–H groups in total. The molecule has 186 valence electrons. The van der Waals surface area contributed by atoms with Gasteiger partial charge >= 0.3 is 0 Å². The minimum absolute atomic E-state index is 0.0644. The molecule has 0 atom stereocenters. The van der Waals surface area contributed by atoms with Crippen LogP contribution in [0.3, 0.4) is 0 Å². The number of benzene rings is 3. The fourth-order valence-electron chi connectivity index (χ4n) is 6.81. The summed E-state index contributed by atoms with van der Waals surface area (Å²) in [4.78, 5) is 13.7. The van der Waals surface area contributed by atoms with Gasteiger partial charge in [-0.1, -0.05) is 95.3 Å². The lowest BCUT2D eigenvalue weighted by Gasteiger charge is -2.32. The van der Waals surface area contributed by atoms with Crippen molar-refractivity contribution in [3.05, 3.63) is 117 Å². The monoisotopic (exact) mass is 487 g/mol. The third-order valence-corrected chi connectivity index (χ3v) is 8.71. The number of nitrogens with one attached hydrogen (secondary N) is 1.